The lowest BCUT2D eigenvalue weighted by molar-refractivity contribution is 0.0563. The van der Waals surface area contributed by atoms with Gasteiger partial charge in [-0.25, -0.2) is 0 Å². The first kappa shape index (κ1) is 14.6. The summed E-state index contributed by atoms with van der Waals surface area (Å²) in [4.78, 5) is 0. The third kappa shape index (κ3) is 3.29. The highest BCUT2D eigenvalue weighted by Gasteiger charge is 2.29. The van der Waals surface area contributed by atoms with Crippen molar-refractivity contribution in [3.8, 4) is 0 Å². The number of aliphatic hydroxyl groups excluding tert-OH is 1. The van der Waals surface area contributed by atoms with Crippen LogP contribution in [-0.2, 0) is 6.42 Å². The van der Waals surface area contributed by atoms with Crippen molar-refractivity contribution in [1.82, 2.24) is 0 Å². The molecule has 0 spiro atoms. The van der Waals surface area contributed by atoms with Gasteiger partial charge in [-0.15, -0.1) is 0 Å². The van der Waals surface area contributed by atoms with Crippen LogP contribution in [0, 0.1) is 17.8 Å². The van der Waals surface area contributed by atoms with Crippen molar-refractivity contribution in [1.29, 1.82) is 0 Å². The van der Waals surface area contributed by atoms with E-state index in [2.05, 4.69) is 56.3 Å². The van der Waals surface area contributed by atoms with Crippen LogP contribution in [-0.4, -0.2) is 11.2 Å². The fourth-order valence-electron chi connectivity index (χ4n) is 4.19. The molecular weight excluding hydrogens is 256 g/mol. The molecule has 0 aromatic heterocycles. The maximum absolute atomic E-state index is 10.7. The van der Waals surface area contributed by atoms with Gasteiger partial charge in [0.15, 0.2) is 0 Å². The van der Waals surface area contributed by atoms with Gasteiger partial charge in [0.05, 0.1) is 6.10 Å². The highest BCUT2D eigenvalue weighted by Crippen LogP contribution is 2.36. The largest absolute Gasteiger partial charge is 0.392 e. The van der Waals surface area contributed by atoms with E-state index in [0.717, 1.165) is 18.3 Å². The maximum atomic E-state index is 10.7. The molecule has 0 saturated heterocycles. The van der Waals surface area contributed by atoms with Crippen molar-refractivity contribution < 1.29 is 5.11 Å². The first-order valence-electron chi connectivity index (χ1n) is 8.28. The van der Waals surface area contributed by atoms with Gasteiger partial charge in [0.25, 0.3) is 0 Å². The minimum Gasteiger partial charge on any atom is -0.392 e. The Morgan fingerprint density at radius 3 is 2.38 bits per heavy atom. The van der Waals surface area contributed by atoms with E-state index in [4.69, 9.17) is 0 Å². The van der Waals surface area contributed by atoms with E-state index in [0.29, 0.717) is 5.92 Å². The van der Waals surface area contributed by atoms with Crippen LogP contribution in [0.4, 0.5) is 0 Å². The third-order valence-electron chi connectivity index (χ3n) is 5.07. The molecule has 1 fully saturated rings. The van der Waals surface area contributed by atoms with Gasteiger partial charge in [-0.05, 0) is 59.8 Å². The van der Waals surface area contributed by atoms with Gasteiger partial charge in [0.2, 0.25) is 0 Å². The van der Waals surface area contributed by atoms with Crippen LogP contribution in [0.15, 0.2) is 42.5 Å². The molecule has 3 rings (SSSR count). The Morgan fingerprint density at radius 1 is 0.952 bits per heavy atom. The van der Waals surface area contributed by atoms with Crippen LogP contribution >= 0.6 is 0 Å². The summed E-state index contributed by atoms with van der Waals surface area (Å²) >= 11 is 0. The SMILES string of the molecule is CC1CC(C)CC(C(O)Cc2cccc3ccccc23)C1. The quantitative estimate of drug-likeness (QED) is 0.856. The molecule has 0 heterocycles. The summed E-state index contributed by atoms with van der Waals surface area (Å²) in [5.41, 5.74) is 1.28. The average Bonchev–Trinajstić information content (AvgIpc) is 2.46. The summed E-state index contributed by atoms with van der Waals surface area (Å²) in [5, 5.41) is 13.3. The Kier molecular flexibility index (Phi) is 4.30. The van der Waals surface area contributed by atoms with Crippen molar-refractivity contribution in [2.45, 2.75) is 45.6 Å². The third-order valence-corrected chi connectivity index (χ3v) is 5.07. The Labute approximate surface area is 128 Å². The van der Waals surface area contributed by atoms with Gasteiger partial charge in [0, 0.05) is 0 Å². The topological polar surface area (TPSA) is 20.2 Å². The minimum atomic E-state index is -0.207. The summed E-state index contributed by atoms with van der Waals surface area (Å²) in [6, 6.07) is 14.9. The van der Waals surface area contributed by atoms with Crippen LogP contribution in [0.1, 0.15) is 38.7 Å². The lowest BCUT2D eigenvalue weighted by Crippen LogP contribution is -2.30. The zero-order chi connectivity index (χ0) is 14.8. The van der Waals surface area contributed by atoms with E-state index in [1.54, 1.807) is 0 Å². The minimum absolute atomic E-state index is 0.207. The zero-order valence-corrected chi connectivity index (χ0v) is 13.1. The van der Waals surface area contributed by atoms with Gasteiger partial charge in [-0.2, -0.15) is 0 Å². The second kappa shape index (κ2) is 6.19. The van der Waals surface area contributed by atoms with Gasteiger partial charge in [0.1, 0.15) is 0 Å². The van der Waals surface area contributed by atoms with Crippen LogP contribution in [0.3, 0.4) is 0 Å². The van der Waals surface area contributed by atoms with Crippen LogP contribution < -0.4 is 0 Å². The molecule has 112 valence electrons. The Morgan fingerprint density at radius 2 is 1.62 bits per heavy atom. The normalized spacial score (nSPS) is 27.7. The maximum Gasteiger partial charge on any atom is 0.0609 e. The fraction of sp³-hybridized carbons (Fsp3) is 0.500. The molecule has 0 amide bonds. The molecular formula is C20H26O. The van der Waals surface area contributed by atoms with Crippen LogP contribution in [0.25, 0.3) is 10.8 Å². The number of benzene rings is 2. The molecule has 0 radical (unpaired) electrons. The van der Waals surface area contributed by atoms with E-state index >= 15 is 0 Å². The molecule has 3 atom stereocenters. The Balaban J connectivity index is 1.78. The smallest absolute Gasteiger partial charge is 0.0609 e. The summed E-state index contributed by atoms with van der Waals surface area (Å²) < 4.78 is 0. The first-order chi connectivity index (χ1) is 10.1. The highest BCUT2D eigenvalue weighted by molar-refractivity contribution is 5.85. The molecule has 21 heavy (non-hydrogen) atoms. The summed E-state index contributed by atoms with van der Waals surface area (Å²) in [7, 11) is 0. The molecule has 1 nitrogen and oxygen atoms in total. The number of hydrogen-bond acceptors (Lipinski definition) is 1. The second-order valence-electron chi connectivity index (χ2n) is 7.09. The molecule has 0 bridgehead atoms. The van der Waals surface area contributed by atoms with E-state index in [9.17, 15) is 5.11 Å². The predicted molar refractivity (Wildman–Crippen MR) is 89.3 cm³/mol. The fourth-order valence-corrected chi connectivity index (χ4v) is 4.19. The molecule has 1 aliphatic carbocycles. The van der Waals surface area contributed by atoms with Gasteiger partial charge < -0.3 is 5.11 Å². The number of fused-ring (bicyclic) bond motifs is 1. The monoisotopic (exact) mass is 282 g/mol. The predicted octanol–water partition coefficient (Wildman–Crippen LogP) is 4.82. The zero-order valence-electron chi connectivity index (χ0n) is 13.1. The highest BCUT2D eigenvalue weighted by atomic mass is 16.3. The van der Waals surface area contributed by atoms with Crippen LogP contribution in [0.2, 0.25) is 0 Å². The van der Waals surface area contributed by atoms with Gasteiger partial charge in [-0.3, -0.25) is 0 Å². The van der Waals surface area contributed by atoms with Crippen LogP contribution in [0.5, 0.6) is 0 Å². The van der Waals surface area contributed by atoms with Crippen molar-refractivity contribution in [2.24, 2.45) is 17.8 Å². The number of rotatable bonds is 3. The molecule has 0 aliphatic heterocycles. The van der Waals surface area contributed by atoms with E-state index < -0.39 is 0 Å². The Hall–Kier alpha value is -1.34. The lowest BCUT2D eigenvalue weighted by atomic mass is 9.73. The number of aliphatic hydroxyl groups is 1. The molecule has 1 saturated carbocycles. The molecule has 1 aliphatic rings. The molecule has 2 aromatic rings. The Bertz CT molecular complexity index is 588. The lowest BCUT2D eigenvalue weighted by Gasteiger charge is -2.34. The molecule has 2 aromatic carbocycles. The van der Waals surface area contributed by atoms with Crippen molar-refractivity contribution in [3.05, 3.63) is 48.0 Å². The van der Waals surface area contributed by atoms with Gasteiger partial charge in [-0.1, -0.05) is 56.3 Å². The van der Waals surface area contributed by atoms with Gasteiger partial charge >= 0.3 is 0 Å². The van der Waals surface area contributed by atoms with E-state index in [1.165, 1.54) is 35.6 Å². The molecule has 3 unspecified atom stereocenters. The average molecular weight is 282 g/mol. The van der Waals surface area contributed by atoms with E-state index in [-0.39, 0.29) is 6.10 Å². The van der Waals surface area contributed by atoms with Crippen molar-refractivity contribution >= 4 is 10.8 Å². The molecule has 1 heteroatoms. The standard InChI is InChI=1S/C20H26O/c1-14-10-15(2)12-18(11-14)20(21)13-17-8-5-7-16-6-3-4-9-19(16)17/h3-9,14-15,18,20-21H,10-13H2,1-2H3. The van der Waals surface area contributed by atoms with Crippen molar-refractivity contribution in [2.75, 3.05) is 0 Å². The summed E-state index contributed by atoms with van der Waals surface area (Å²) in [6.07, 6.45) is 4.25. The van der Waals surface area contributed by atoms with E-state index in [1.807, 2.05) is 0 Å². The molecule has 1 N–H and O–H groups in total. The van der Waals surface area contributed by atoms with Crippen molar-refractivity contribution in [3.63, 3.8) is 0 Å². The summed E-state index contributed by atoms with van der Waals surface area (Å²) in [6.45, 7) is 4.65. The number of hydrogen-bond donors (Lipinski definition) is 1. The summed E-state index contributed by atoms with van der Waals surface area (Å²) in [5.74, 6) is 1.96. The first-order valence-corrected chi connectivity index (χ1v) is 8.28. The second-order valence-corrected chi connectivity index (χ2v) is 7.09.